The molecule has 1 fully saturated rings. The fraction of sp³-hybridized carbons (Fsp3) is 0.750. The molecule has 1 N–H and O–H groups in total. The van der Waals surface area contributed by atoms with Crippen LogP contribution in [0.5, 0.6) is 0 Å². The van der Waals surface area contributed by atoms with E-state index in [4.69, 9.17) is 13.9 Å². The number of ether oxygens (including phenoxy) is 2. The molecule has 0 spiro atoms. The zero-order valence-corrected chi connectivity index (χ0v) is 17.3. The number of guanidine groups is 1. The number of likely N-dealkylation sites (N-methyl/N-ethyl adjacent to an activating group) is 1. The van der Waals surface area contributed by atoms with Crippen molar-refractivity contribution in [2.75, 3.05) is 66.7 Å². The van der Waals surface area contributed by atoms with Crippen LogP contribution in [0.3, 0.4) is 0 Å². The molecule has 0 aliphatic carbocycles. The predicted octanol–water partition coefficient (Wildman–Crippen LogP) is 2.22. The lowest BCUT2D eigenvalue weighted by atomic mass is 10.1. The lowest BCUT2D eigenvalue weighted by Gasteiger charge is -2.30. The van der Waals surface area contributed by atoms with E-state index in [0.29, 0.717) is 19.1 Å². The third-order valence-corrected chi connectivity index (χ3v) is 5.16. The van der Waals surface area contributed by atoms with E-state index in [1.807, 2.05) is 13.1 Å². The molecule has 1 aromatic heterocycles. The number of hydrogen-bond acceptors (Lipinski definition) is 5. The van der Waals surface area contributed by atoms with Crippen molar-refractivity contribution in [2.45, 2.75) is 26.3 Å². The van der Waals surface area contributed by atoms with Gasteiger partial charge in [0, 0.05) is 39.7 Å². The minimum atomic E-state index is 0.197. The molecular weight excluding hydrogens is 344 g/mol. The van der Waals surface area contributed by atoms with Crippen molar-refractivity contribution in [2.24, 2.45) is 10.9 Å². The monoisotopic (exact) mass is 380 g/mol. The molecule has 1 aliphatic heterocycles. The highest BCUT2D eigenvalue weighted by Gasteiger charge is 2.26. The molecule has 7 nitrogen and oxygen atoms in total. The van der Waals surface area contributed by atoms with Gasteiger partial charge in [-0.3, -0.25) is 9.89 Å². The SMILES string of the molecule is CCN(CC)C(CNC(=NC)N1CCC(COCCOC)C1)c1ccco1. The largest absolute Gasteiger partial charge is 0.468 e. The Balaban J connectivity index is 1.86. The molecule has 27 heavy (non-hydrogen) atoms. The van der Waals surface area contributed by atoms with Gasteiger partial charge in [0.2, 0.25) is 0 Å². The second-order valence-electron chi connectivity index (χ2n) is 6.85. The van der Waals surface area contributed by atoms with Gasteiger partial charge in [0.15, 0.2) is 5.96 Å². The van der Waals surface area contributed by atoms with Crippen LogP contribution in [0, 0.1) is 5.92 Å². The van der Waals surface area contributed by atoms with Gasteiger partial charge in [0.1, 0.15) is 5.76 Å². The summed E-state index contributed by atoms with van der Waals surface area (Å²) in [5.41, 5.74) is 0. The first-order valence-electron chi connectivity index (χ1n) is 10.0. The van der Waals surface area contributed by atoms with Crippen LogP contribution >= 0.6 is 0 Å². The number of furan rings is 1. The number of nitrogens with one attached hydrogen (secondary N) is 1. The van der Waals surface area contributed by atoms with E-state index in [-0.39, 0.29) is 6.04 Å². The predicted molar refractivity (Wildman–Crippen MR) is 108 cm³/mol. The summed E-state index contributed by atoms with van der Waals surface area (Å²) in [5, 5.41) is 3.56. The molecule has 2 unspecified atom stereocenters. The van der Waals surface area contributed by atoms with E-state index in [2.05, 4.69) is 40.0 Å². The van der Waals surface area contributed by atoms with Crippen LogP contribution in [0.4, 0.5) is 0 Å². The van der Waals surface area contributed by atoms with E-state index in [1.165, 1.54) is 0 Å². The van der Waals surface area contributed by atoms with Crippen molar-refractivity contribution in [3.05, 3.63) is 24.2 Å². The van der Waals surface area contributed by atoms with Crippen LogP contribution in [0.1, 0.15) is 32.1 Å². The Kier molecular flexibility index (Phi) is 9.66. The molecule has 7 heteroatoms. The van der Waals surface area contributed by atoms with Crippen LogP contribution in [0.25, 0.3) is 0 Å². The Morgan fingerprint density at radius 2 is 2.22 bits per heavy atom. The highest BCUT2D eigenvalue weighted by molar-refractivity contribution is 5.80. The van der Waals surface area contributed by atoms with Gasteiger partial charge in [0.25, 0.3) is 0 Å². The highest BCUT2D eigenvalue weighted by atomic mass is 16.5. The molecule has 154 valence electrons. The second kappa shape index (κ2) is 12.0. The molecule has 0 bridgehead atoms. The minimum Gasteiger partial charge on any atom is -0.468 e. The van der Waals surface area contributed by atoms with Crippen LogP contribution in [-0.2, 0) is 9.47 Å². The van der Waals surface area contributed by atoms with Gasteiger partial charge in [0.05, 0.1) is 32.1 Å². The zero-order chi connectivity index (χ0) is 19.5. The maximum absolute atomic E-state index is 5.70. The summed E-state index contributed by atoms with van der Waals surface area (Å²) in [7, 11) is 3.55. The number of nitrogens with zero attached hydrogens (tertiary/aromatic N) is 3. The number of hydrogen-bond donors (Lipinski definition) is 1. The minimum absolute atomic E-state index is 0.197. The Hall–Kier alpha value is -1.57. The molecule has 0 saturated carbocycles. The highest BCUT2D eigenvalue weighted by Crippen LogP contribution is 2.21. The summed E-state index contributed by atoms with van der Waals surface area (Å²) in [5.74, 6) is 2.50. The summed E-state index contributed by atoms with van der Waals surface area (Å²) in [6.07, 6.45) is 2.88. The van der Waals surface area contributed by atoms with E-state index >= 15 is 0 Å². The van der Waals surface area contributed by atoms with Crippen LogP contribution in [0.2, 0.25) is 0 Å². The van der Waals surface area contributed by atoms with Gasteiger partial charge in [-0.05, 0) is 31.6 Å². The summed E-state index contributed by atoms with van der Waals surface area (Å²) in [4.78, 5) is 9.22. The average Bonchev–Trinajstić information content (AvgIpc) is 3.37. The fourth-order valence-electron chi connectivity index (χ4n) is 3.63. The average molecular weight is 381 g/mol. The summed E-state index contributed by atoms with van der Waals surface area (Å²) in [6, 6.07) is 4.20. The summed E-state index contributed by atoms with van der Waals surface area (Å²) < 4.78 is 16.4. The van der Waals surface area contributed by atoms with Gasteiger partial charge in [-0.15, -0.1) is 0 Å². The van der Waals surface area contributed by atoms with Gasteiger partial charge in [-0.25, -0.2) is 0 Å². The first-order valence-corrected chi connectivity index (χ1v) is 10.0. The smallest absolute Gasteiger partial charge is 0.193 e. The lowest BCUT2D eigenvalue weighted by Crippen LogP contribution is -2.44. The normalized spacial score (nSPS) is 19.1. The number of methoxy groups -OCH3 is 1. The number of rotatable bonds is 11. The van der Waals surface area contributed by atoms with Gasteiger partial charge in [-0.1, -0.05) is 13.8 Å². The van der Waals surface area contributed by atoms with Crippen molar-refractivity contribution < 1.29 is 13.9 Å². The van der Waals surface area contributed by atoms with Gasteiger partial charge < -0.3 is 24.1 Å². The molecule has 0 amide bonds. The lowest BCUT2D eigenvalue weighted by molar-refractivity contribution is 0.0536. The Labute approximate surface area is 163 Å². The Bertz CT molecular complexity index is 531. The number of likely N-dealkylation sites (tertiary alicyclic amines) is 1. The van der Waals surface area contributed by atoms with E-state index in [0.717, 1.165) is 57.5 Å². The number of aliphatic imine (C=N–C) groups is 1. The first kappa shape index (κ1) is 21.7. The second-order valence-corrected chi connectivity index (χ2v) is 6.85. The third-order valence-electron chi connectivity index (χ3n) is 5.16. The summed E-state index contributed by atoms with van der Waals surface area (Å²) >= 11 is 0. The summed E-state index contributed by atoms with van der Waals surface area (Å²) in [6.45, 7) is 11.2. The fourth-order valence-corrected chi connectivity index (χ4v) is 3.63. The first-order chi connectivity index (χ1) is 13.2. The van der Waals surface area contributed by atoms with Crippen molar-refractivity contribution in [1.29, 1.82) is 0 Å². The van der Waals surface area contributed by atoms with Gasteiger partial charge >= 0.3 is 0 Å². The molecule has 0 radical (unpaired) electrons. The van der Waals surface area contributed by atoms with E-state index < -0.39 is 0 Å². The standard InChI is InChI=1S/C20H36N4O3/c1-5-23(6-2)18(19-8-7-11-27-19)14-22-20(21-3)24-10-9-17(15-24)16-26-13-12-25-4/h7-8,11,17-18H,5-6,9-10,12-16H2,1-4H3,(H,21,22). The van der Waals surface area contributed by atoms with E-state index in [9.17, 15) is 0 Å². The van der Waals surface area contributed by atoms with Crippen LogP contribution < -0.4 is 5.32 Å². The zero-order valence-electron chi connectivity index (χ0n) is 17.3. The topological polar surface area (TPSA) is 62.5 Å². The Morgan fingerprint density at radius 1 is 1.41 bits per heavy atom. The van der Waals surface area contributed by atoms with Gasteiger partial charge in [-0.2, -0.15) is 0 Å². The molecule has 2 heterocycles. The van der Waals surface area contributed by atoms with Crippen LogP contribution in [-0.4, -0.2) is 82.5 Å². The molecule has 2 rings (SSSR count). The molecule has 1 saturated heterocycles. The van der Waals surface area contributed by atoms with E-state index in [1.54, 1.807) is 13.4 Å². The molecule has 1 aromatic rings. The van der Waals surface area contributed by atoms with Crippen molar-refractivity contribution in [3.8, 4) is 0 Å². The molecular formula is C20H36N4O3. The van der Waals surface area contributed by atoms with Crippen molar-refractivity contribution in [3.63, 3.8) is 0 Å². The quantitative estimate of drug-likeness (QED) is 0.361. The maximum atomic E-state index is 5.70. The molecule has 1 aliphatic rings. The van der Waals surface area contributed by atoms with Crippen molar-refractivity contribution >= 4 is 5.96 Å². The Morgan fingerprint density at radius 3 is 2.85 bits per heavy atom. The third kappa shape index (κ3) is 6.52. The van der Waals surface area contributed by atoms with Crippen LogP contribution in [0.15, 0.2) is 27.8 Å². The maximum Gasteiger partial charge on any atom is 0.193 e. The molecule has 0 aromatic carbocycles. The molecule has 2 atom stereocenters. The van der Waals surface area contributed by atoms with Crippen molar-refractivity contribution in [1.82, 2.24) is 15.1 Å².